The van der Waals surface area contributed by atoms with E-state index >= 15 is 0 Å². The summed E-state index contributed by atoms with van der Waals surface area (Å²) in [7, 11) is 0. The van der Waals surface area contributed by atoms with Crippen molar-refractivity contribution in [1.29, 1.82) is 0 Å². The highest BCUT2D eigenvalue weighted by molar-refractivity contribution is 9.10. The smallest absolute Gasteiger partial charge is 0.101 e. The molecule has 2 heterocycles. The van der Waals surface area contributed by atoms with Gasteiger partial charge in [-0.15, -0.1) is 0 Å². The Bertz CT molecular complexity index is 525. The lowest BCUT2D eigenvalue weighted by molar-refractivity contribution is 0.170. The first-order valence-electron chi connectivity index (χ1n) is 5.94. The standard InChI is InChI=1S/C13H16BrN3O/c1-3-17-11(13(14)9(2)16-17)8-12(18)10-6-4-5-7-15-10/h4-7,12,18H,3,8H2,1-2H3. The van der Waals surface area contributed by atoms with Crippen molar-refractivity contribution in [3.8, 4) is 0 Å². The number of aryl methyl sites for hydroxylation is 2. The lowest BCUT2D eigenvalue weighted by Gasteiger charge is -2.11. The van der Waals surface area contributed by atoms with E-state index in [0.29, 0.717) is 12.1 Å². The van der Waals surface area contributed by atoms with Crippen LogP contribution in [0, 0.1) is 6.92 Å². The molecule has 0 aliphatic carbocycles. The Morgan fingerprint density at radius 3 is 2.83 bits per heavy atom. The molecule has 0 saturated carbocycles. The average molecular weight is 310 g/mol. The minimum Gasteiger partial charge on any atom is -0.386 e. The number of hydrogen-bond donors (Lipinski definition) is 1. The van der Waals surface area contributed by atoms with Crippen LogP contribution in [0.15, 0.2) is 28.9 Å². The molecular formula is C13H16BrN3O. The van der Waals surface area contributed by atoms with Crippen LogP contribution in [-0.4, -0.2) is 19.9 Å². The van der Waals surface area contributed by atoms with Gasteiger partial charge in [0, 0.05) is 19.2 Å². The second-order valence-corrected chi connectivity index (χ2v) is 4.93. The van der Waals surface area contributed by atoms with Gasteiger partial charge in [0.1, 0.15) is 6.10 Å². The number of halogens is 1. The molecule has 0 aliphatic rings. The Hall–Kier alpha value is -1.20. The van der Waals surface area contributed by atoms with Crippen LogP contribution in [0.5, 0.6) is 0 Å². The predicted molar refractivity (Wildman–Crippen MR) is 73.2 cm³/mol. The maximum atomic E-state index is 10.2. The van der Waals surface area contributed by atoms with Crippen molar-refractivity contribution in [2.24, 2.45) is 0 Å². The second kappa shape index (κ2) is 5.63. The molecule has 5 heteroatoms. The molecular weight excluding hydrogens is 294 g/mol. The van der Waals surface area contributed by atoms with Crippen LogP contribution >= 0.6 is 15.9 Å². The molecule has 0 spiro atoms. The van der Waals surface area contributed by atoms with Gasteiger partial charge < -0.3 is 5.11 Å². The van der Waals surface area contributed by atoms with Crippen molar-refractivity contribution in [2.45, 2.75) is 32.9 Å². The molecule has 2 aromatic rings. The zero-order valence-electron chi connectivity index (χ0n) is 10.5. The van der Waals surface area contributed by atoms with Crippen LogP contribution in [0.4, 0.5) is 0 Å². The van der Waals surface area contributed by atoms with Gasteiger partial charge in [0.15, 0.2) is 0 Å². The minimum absolute atomic E-state index is 0.506. The topological polar surface area (TPSA) is 50.9 Å². The van der Waals surface area contributed by atoms with Crippen LogP contribution in [0.3, 0.4) is 0 Å². The van der Waals surface area contributed by atoms with Crippen LogP contribution < -0.4 is 0 Å². The van der Waals surface area contributed by atoms with Gasteiger partial charge in [-0.2, -0.15) is 5.10 Å². The van der Waals surface area contributed by atoms with Gasteiger partial charge in [0.25, 0.3) is 0 Å². The molecule has 0 amide bonds. The maximum absolute atomic E-state index is 10.2. The van der Waals surface area contributed by atoms with E-state index in [1.807, 2.05) is 36.7 Å². The normalized spacial score (nSPS) is 12.7. The molecule has 1 atom stereocenters. The fraction of sp³-hybridized carbons (Fsp3) is 0.385. The van der Waals surface area contributed by atoms with E-state index in [1.165, 1.54) is 0 Å². The van der Waals surface area contributed by atoms with Crippen molar-refractivity contribution in [3.05, 3.63) is 46.0 Å². The second-order valence-electron chi connectivity index (χ2n) is 4.14. The summed E-state index contributed by atoms with van der Waals surface area (Å²) in [6.45, 7) is 4.78. The SMILES string of the molecule is CCn1nc(C)c(Br)c1CC(O)c1ccccn1. The summed E-state index contributed by atoms with van der Waals surface area (Å²) < 4.78 is 2.88. The molecule has 0 bridgehead atoms. The van der Waals surface area contributed by atoms with Crippen LogP contribution in [0.25, 0.3) is 0 Å². The molecule has 0 aliphatic heterocycles. The van der Waals surface area contributed by atoms with Gasteiger partial charge in [-0.05, 0) is 41.9 Å². The van der Waals surface area contributed by atoms with E-state index in [0.717, 1.165) is 22.4 Å². The minimum atomic E-state index is -0.608. The fourth-order valence-electron chi connectivity index (χ4n) is 1.92. The van der Waals surface area contributed by atoms with Crippen molar-refractivity contribution < 1.29 is 5.11 Å². The third kappa shape index (κ3) is 2.62. The molecule has 2 rings (SSSR count). The molecule has 0 radical (unpaired) electrons. The maximum Gasteiger partial charge on any atom is 0.101 e. The molecule has 2 aromatic heterocycles. The monoisotopic (exact) mass is 309 g/mol. The van der Waals surface area contributed by atoms with Crippen LogP contribution in [-0.2, 0) is 13.0 Å². The number of aromatic nitrogens is 3. The number of aliphatic hydroxyl groups excluding tert-OH is 1. The molecule has 0 fully saturated rings. The van der Waals surface area contributed by atoms with Gasteiger partial charge in [0.05, 0.1) is 21.6 Å². The highest BCUT2D eigenvalue weighted by Gasteiger charge is 2.17. The summed E-state index contributed by atoms with van der Waals surface area (Å²) in [4.78, 5) is 4.17. The third-order valence-corrected chi connectivity index (χ3v) is 3.90. The quantitative estimate of drug-likeness (QED) is 0.944. The first kappa shape index (κ1) is 13.2. The molecule has 96 valence electrons. The molecule has 4 nitrogen and oxygen atoms in total. The van der Waals surface area contributed by atoms with E-state index in [-0.39, 0.29) is 0 Å². The third-order valence-electron chi connectivity index (χ3n) is 2.87. The number of nitrogens with zero attached hydrogens (tertiary/aromatic N) is 3. The van der Waals surface area contributed by atoms with E-state index in [2.05, 4.69) is 26.0 Å². The summed E-state index contributed by atoms with van der Waals surface area (Å²) in [5.41, 5.74) is 2.64. The molecule has 1 unspecified atom stereocenters. The Kier molecular flexibility index (Phi) is 4.14. The largest absolute Gasteiger partial charge is 0.386 e. The number of pyridine rings is 1. The Morgan fingerprint density at radius 1 is 1.44 bits per heavy atom. The number of aliphatic hydroxyl groups is 1. The van der Waals surface area contributed by atoms with E-state index < -0.39 is 6.10 Å². The zero-order chi connectivity index (χ0) is 13.1. The molecule has 0 saturated heterocycles. The summed E-state index contributed by atoms with van der Waals surface area (Å²) in [6.07, 6.45) is 1.59. The van der Waals surface area contributed by atoms with Crippen molar-refractivity contribution in [2.75, 3.05) is 0 Å². The van der Waals surface area contributed by atoms with E-state index in [1.54, 1.807) is 6.20 Å². The highest BCUT2D eigenvalue weighted by atomic mass is 79.9. The average Bonchev–Trinajstić information content (AvgIpc) is 2.67. The predicted octanol–water partition coefficient (Wildman–Crippen LogP) is 2.65. The summed E-state index contributed by atoms with van der Waals surface area (Å²) in [5, 5.41) is 14.6. The Morgan fingerprint density at radius 2 is 2.22 bits per heavy atom. The van der Waals surface area contributed by atoms with Crippen molar-refractivity contribution >= 4 is 15.9 Å². The van der Waals surface area contributed by atoms with Crippen LogP contribution in [0.2, 0.25) is 0 Å². The first-order valence-corrected chi connectivity index (χ1v) is 6.73. The fourth-order valence-corrected chi connectivity index (χ4v) is 2.37. The van der Waals surface area contributed by atoms with Gasteiger partial charge in [-0.25, -0.2) is 0 Å². The zero-order valence-corrected chi connectivity index (χ0v) is 12.1. The summed E-state index contributed by atoms with van der Waals surface area (Å²) in [5.74, 6) is 0. The lowest BCUT2D eigenvalue weighted by Crippen LogP contribution is -2.09. The highest BCUT2D eigenvalue weighted by Crippen LogP contribution is 2.25. The van der Waals surface area contributed by atoms with Crippen molar-refractivity contribution in [1.82, 2.24) is 14.8 Å². The molecule has 18 heavy (non-hydrogen) atoms. The molecule has 0 aromatic carbocycles. The van der Waals surface area contributed by atoms with Crippen molar-refractivity contribution in [3.63, 3.8) is 0 Å². The Balaban J connectivity index is 2.24. The Labute approximate surface area is 115 Å². The van der Waals surface area contributed by atoms with Gasteiger partial charge >= 0.3 is 0 Å². The van der Waals surface area contributed by atoms with Crippen LogP contribution in [0.1, 0.15) is 30.1 Å². The number of rotatable bonds is 4. The summed E-state index contributed by atoms with van der Waals surface area (Å²) >= 11 is 3.53. The summed E-state index contributed by atoms with van der Waals surface area (Å²) in [6, 6.07) is 5.55. The van der Waals surface area contributed by atoms with Gasteiger partial charge in [-0.1, -0.05) is 6.07 Å². The van der Waals surface area contributed by atoms with Gasteiger partial charge in [-0.3, -0.25) is 9.67 Å². The first-order chi connectivity index (χ1) is 8.63. The van der Waals surface area contributed by atoms with Gasteiger partial charge in [0.2, 0.25) is 0 Å². The molecule has 1 N–H and O–H groups in total. The van der Waals surface area contributed by atoms with E-state index in [9.17, 15) is 5.11 Å². The van der Waals surface area contributed by atoms with E-state index in [4.69, 9.17) is 0 Å². The lowest BCUT2D eigenvalue weighted by atomic mass is 10.1. The number of hydrogen-bond acceptors (Lipinski definition) is 3.